The van der Waals surface area contributed by atoms with Crippen LogP contribution in [0.25, 0.3) is 0 Å². The van der Waals surface area contributed by atoms with Gasteiger partial charge in [-0.15, -0.1) is 0 Å². The van der Waals surface area contributed by atoms with Crippen LogP contribution in [0.1, 0.15) is 30.6 Å². The lowest BCUT2D eigenvalue weighted by molar-refractivity contribution is 0.0527. The molecule has 3 N–H and O–H groups in total. The molecule has 6 heteroatoms. The van der Waals surface area contributed by atoms with E-state index in [9.17, 15) is 9.18 Å². The minimum Gasteiger partial charge on any atom is -0.462 e. The number of halogens is 1. The molecule has 0 aliphatic heterocycles. The SMILES string of the molecule is CCOC(=O)c1cc(NC(C)CCSC)c(F)cc1N. The minimum absolute atomic E-state index is 0.0864. The summed E-state index contributed by atoms with van der Waals surface area (Å²) < 4.78 is 18.8. The Labute approximate surface area is 123 Å². The van der Waals surface area contributed by atoms with Crippen LogP contribution < -0.4 is 11.1 Å². The highest BCUT2D eigenvalue weighted by atomic mass is 32.2. The van der Waals surface area contributed by atoms with Gasteiger partial charge in [0, 0.05) is 11.7 Å². The number of rotatable bonds is 7. The van der Waals surface area contributed by atoms with Gasteiger partial charge in [-0.2, -0.15) is 11.8 Å². The van der Waals surface area contributed by atoms with Crippen LogP contribution in [0.5, 0.6) is 0 Å². The Kier molecular flexibility index (Phi) is 6.64. The van der Waals surface area contributed by atoms with Crippen molar-refractivity contribution in [2.45, 2.75) is 26.3 Å². The Morgan fingerprint density at radius 3 is 2.85 bits per heavy atom. The predicted molar refractivity (Wildman–Crippen MR) is 82.9 cm³/mol. The molecule has 0 spiro atoms. The van der Waals surface area contributed by atoms with Crippen molar-refractivity contribution in [2.75, 3.05) is 29.7 Å². The van der Waals surface area contributed by atoms with Crippen molar-refractivity contribution in [1.29, 1.82) is 0 Å². The number of hydrogen-bond donors (Lipinski definition) is 2. The van der Waals surface area contributed by atoms with Crippen molar-refractivity contribution in [2.24, 2.45) is 0 Å². The van der Waals surface area contributed by atoms with E-state index in [2.05, 4.69) is 5.32 Å². The summed E-state index contributed by atoms with van der Waals surface area (Å²) in [5.41, 5.74) is 6.21. The molecule has 20 heavy (non-hydrogen) atoms. The van der Waals surface area contributed by atoms with Crippen LogP contribution in [0, 0.1) is 5.82 Å². The van der Waals surface area contributed by atoms with Crippen LogP contribution in [-0.4, -0.2) is 30.6 Å². The van der Waals surface area contributed by atoms with Gasteiger partial charge in [-0.05, 0) is 44.4 Å². The molecule has 112 valence electrons. The number of nitrogens with one attached hydrogen (secondary N) is 1. The topological polar surface area (TPSA) is 64.3 Å². The number of nitrogens with two attached hydrogens (primary N) is 1. The molecule has 0 heterocycles. The Morgan fingerprint density at radius 2 is 2.25 bits per heavy atom. The Morgan fingerprint density at radius 1 is 1.55 bits per heavy atom. The zero-order valence-corrected chi connectivity index (χ0v) is 12.8. The fourth-order valence-electron chi connectivity index (χ4n) is 1.72. The molecule has 0 bridgehead atoms. The first-order valence-corrected chi connectivity index (χ1v) is 7.90. The van der Waals surface area contributed by atoms with Crippen LogP contribution in [0.3, 0.4) is 0 Å². The smallest absolute Gasteiger partial charge is 0.340 e. The largest absolute Gasteiger partial charge is 0.462 e. The van der Waals surface area contributed by atoms with Crippen molar-refractivity contribution < 1.29 is 13.9 Å². The van der Waals surface area contributed by atoms with E-state index >= 15 is 0 Å². The molecule has 1 unspecified atom stereocenters. The fraction of sp³-hybridized carbons (Fsp3) is 0.500. The van der Waals surface area contributed by atoms with Gasteiger partial charge in [0.2, 0.25) is 0 Å². The van der Waals surface area contributed by atoms with Gasteiger partial charge in [-0.3, -0.25) is 0 Å². The maximum atomic E-state index is 13.9. The first kappa shape index (κ1) is 16.6. The second kappa shape index (κ2) is 7.99. The first-order chi connectivity index (χ1) is 9.49. The van der Waals surface area contributed by atoms with E-state index in [4.69, 9.17) is 10.5 Å². The van der Waals surface area contributed by atoms with E-state index in [0.717, 1.165) is 18.2 Å². The molecule has 0 saturated carbocycles. The number of anilines is 2. The molecule has 0 aliphatic rings. The highest BCUT2D eigenvalue weighted by molar-refractivity contribution is 7.98. The molecule has 1 aromatic carbocycles. The fourth-order valence-corrected chi connectivity index (χ4v) is 2.31. The summed E-state index contributed by atoms with van der Waals surface area (Å²) in [7, 11) is 0. The monoisotopic (exact) mass is 300 g/mol. The number of thioether (sulfide) groups is 1. The van der Waals surface area contributed by atoms with Crippen molar-refractivity contribution in [1.82, 2.24) is 0 Å². The number of carbonyl (C=O) groups excluding carboxylic acids is 1. The van der Waals surface area contributed by atoms with E-state index in [-0.39, 0.29) is 29.6 Å². The van der Waals surface area contributed by atoms with Gasteiger partial charge in [0.25, 0.3) is 0 Å². The summed E-state index contributed by atoms with van der Waals surface area (Å²) in [6, 6.07) is 2.67. The minimum atomic E-state index is -0.537. The van der Waals surface area contributed by atoms with E-state index in [1.54, 1.807) is 18.7 Å². The number of benzene rings is 1. The van der Waals surface area contributed by atoms with Crippen molar-refractivity contribution in [3.05, 3.63) is 23.5 Å². The summed E-state index contributed by atoms with van der Waals surface area (Å²) in [4.78, 5) is 11.7. The lowest BCUT2D eigenvalue weighted by Gasteiger charge is -2.17. The Bertz CT molecular complexity index is 469. The number of nitrogen functional groups attached to an aromatic ring is 1. The molecule has 1 rings (SSSR count). The lowest BCUT2D eigenvalue weighted by atomic mass is 10.1. The van der Waals surface area contributed by atoms with Gasteiger partial charge in [0.1, 0.15) is 5.82 Å². The summed E-state index contributed by atoms with van der Waals surface area (Å²) in [6.45, 7) is 3.93. The molecule has 4 nitrogen and oxygen atoms in total. The maximum Gasteiger partial charge on any atom is 0.340 e. The lowest BCUT2D eigenvalue weighted by Crippen LogP contribution is -2.18. The summed E-state index contributed by atoms with van der Waals surface area (Å²) in [5, 5.41) is 3.06. The molecule has 0 radical (unpaired) electrons. The summed E-state index contributed by atoms with van der Waals surface area (Å²) in [5.74, 6) is -0.0217. The van der Waals surface area contributed by atoms with Gasteiger partial charge in [0.05, 0.1) is 17.9 Å². The zero-order chi connectivity index (χ0) is 15.1. The molecule has 0 aromatic heterocycles. The molecular weight excluding hydrogens is 279 g/mol. The van der Waals surface area contributed by atoms with Crippen LogP contribution in [0.4, 0.5) is 15.8 Å². The molecule has 0 amide bonds. The van der Waals surface area contributed by atoms with Gasteiger partial charge in [-0.1, -0.05) is 0 Å². The van der Waals surface area contributed by atoms with E-state index in [0.29, 0.717) is 0 Å². The number of esters is 1. The van der Waals surface area contributed by atoms with Crippen molar-refractivity contribution in [3.63, 3.8) is 0 Å². The predicted octanol–water partition coefficient (Wildman–Crippen LogP) is 3.14. The van der Waals surface area contributed by atoms with Crippen LogP contribution in [-0.2, 0) is 4.74 Å². The second-order valence-corrected chi connectivity index (χ2v) is 5.45. The Hall–Kier alpha value is -1.43. The quantitative estimate of drug-likeness (QED) is 0.598. The highest BCUT2D eigenvalue weighted by Gasteiger charge is 2.16. The van der Waals surface area contributed by atoms with Crippen LogP contribution in [0.2, 0.25) is 0 Å². The normalized spacial score (nSPS) is 12.0. The van der Waals surface area contributed by atoms with Crippen LogP contribution in [0.15, 0.2) is 12.1 Å². The maximum absolute atomic E-state index is 13.9. The third-order valence-electron chi connectivity index (χ3n) is 2.79. The van der Waals surface area contributed by atoms with Gasteiger partial charge >= 0.3 is 5.97 Å². The standard InChI is InChI=1S/C14H21FN2O2S/c1-4-19-14(18)10-7-13(11(15)8-12(10)16)17-9(2)5-6-20-3/h7-9,17H,4-6,16H2,1-3H3. The van der Waals surface area contributed by atoms with E-state index in [1.807, 2.05) is 13.2 Å². The molecule has 0 fully saturated rings. The zero-order valence-electron chi connectivity index (χ0n) is 12.0. The number of hydrogen-bond acceptors (Lipinski definition) is 5. The average molecular weight is 300 g/mol. The number of ether oxygens (including phenoxy) is 1. The van der Waals surface area contributed by atoms with Gasteiger partial charge in [-0.25, -0.2) is 9.18 Å². The van der Waals surface area contributed by atoms with Crippen molar-refractivity contribution >= 4 is 29.1 Å². The molecule has 1 aromatic rings. The second-order valence-electron chi connectivity index (χ2n) is 4.47. The third kappa shape index (κ3) is 4.59. The summed E-state index contributed by atoms with van der Waals surface area (Å²) >= 11 is 1.73. The Balaban J connectivity index is 2.90. The molecular formula is C14H21FN2O2S. The summed E-state index contributed by atoms with van der Waals surface area (Å²) in [6.07, 6.45) is 2.93. The molecule has 0 aliphatic carbocycles. The molecule has 0 saturated heterocycles. The van der Waals surface area contributed by atoms with Gasteiger partial charge < -0.3 is 15.8 Å². The van der Waals surface area contributed by atoms with Crippen LogP contribution >= 0.6 is 11.8 Å². The number of carbonyl (C=O) groups is 1. The van der Waals surface area contributed by atoms with E-state index < -0.39 is 11.8 Å². The average Bonchev–Trinajstić information content (AvgIpc) is 2.39. The van der Waals surface area contributed by atoms with E-state index in [1.165, 1.54) is 6.07 Å². The third-order valence-corrected chi connectivity index (χ3v) is 3.44. The van der Waals surface area contributed by atoms with Crippen molar-refractivity contribution in [3.8, 4) is 0 Å². The first-order valence-electron chi connectivity index (χ1n) is 6.51. The molecule has 1 atom stereocenters. The van der Waals surface area contributed by atoms with Gasteiger partial charge in [0.15, 0.2) is 0 Å². The highest BCUT2D eigenvalue weighted by Crippen LogP contribution is 2.24.